The van der Waals surface area contributed by atoms with Crippen LogP contribution in [0.25, 0.3) is 0 Å². The molecule has 0 aromatic heterocycles. The van der Waals surface area contributed by atoms with Gasteiger partial charge in [0.25, 0.3) is 5.69 Å². The lowest BCUT2D eigenvalue weighted by Crippen LogP contribution is -2.42. The van der Waals surface area contributed by atoms with Crippen LogP contribution in [0.3, 0.4) is 0 Å². The second kappa shape index (κ2) is 5.58. The van der Waals surface area contributed by atoms with Crippen molar-refractivity contribution in [3.8, 4) is 0 Å². The van der Waals surface area contributed by atoms with Crippen LogP contribution in [0.5, 0.6) is 0 Å². The molecule has 108 valence electrons. The van der Waals surface area contributed by atoms with Gasteiger partial charge in [-0.1, -0.05) is 18.2 Å². The number of carboxylic acid groups (broad SMARTS) is 1. The predicted octanol–water partition coefficient (Wildman–Crippen LogP) is 2.28. The molecule has 1 aromatic carbocycles. The van der Waals surface area contributed by atoms with Gasteiger partial charge >= 0.3 is 5.97 Å². The van der Waals surface area contributed by atoms with Gasteiger partial charge in [-0.25, -0.2) is 0 Å². The Morgan fingerprint density at radius 1 is 1.40 bits per heavy atom. The first-order valence-corrected chi connectivity index (χ1v) is 6.60. The second-order valence-corrected chi connectivity index (χ2v) is 5.53. The van der Waals surface area contributed by atoms with E-state index in [0.717, 1.165) is 0 Å². The van der Waals surface area contributed by atoms with E-state index in [1.807, 2.05) is 0 Å². The molecule has 1 aromatic rings. The highest BCUT2D eigenvalue weighted by Gasteiger charge is 2.37. The van der Waals surface area contributed by atoms with E-state index in [4.69, 9.17) is 0 Å². The van der Waals surface area contributed by atoms with Crippen LogP contribution in [0, 0.1) is 15.5 Å². The number of hydrogen-bond donors (Lipinski definition) is 1. The van der Waals surface area contributed by atoms with Gasteiger partial charge in [-0.15, -0.1) is 0 Å². The van der Waals surface area contributed by atoms with Crippen molar-refractivity contribution < 1.29 is 14.8 Å². The molecule has 1 fully saturated rings. The molecule has 1 N–H and O–H groups in total. The fraction of sp³-hybridized carbons (Fsp3) is 0.500. The van der Waals surface area contributed by atoms with E-state index in [9.17, 15) is 20.0 Å². The lowest BCUT2D eigenvalue weighted by Gasteiger charge is -2.36. The van der Waals surface area contributed by atoms with Crippen molar-refractivity contribution in [1.82, 2.24) is 4.90 Å². The number of nitro groups is 1. The first kappa shape index (κ1) is 14.5. The minimum absolute atomic E-state index is 0.124. The molecule has 6 nitrogen and oxygen atoms in total. The number of carbonyl (C=O) groups is 1. The largest absolute Gasteiger partial charge is 0.481 e. The molecule has 6 heteroatoms. The second-order valence-electron chi connectivity index (χ2n) is 5.53. The zero-order valence-electron chi connectivity index (χ0n) is 11.4. The summed E-state index contributed by atoms with van der Waals surface area (Å²) in [5.41, 5.74) is 0.134. The number of benzene rings is 1. The number of hydrogen-bond acceptors (Lipinski definition) is 4. The Bertz CT molecular complexity index is 522. The highest BCUT2D eigenvalue weighted by Crippen LogP contribution is 2.32. The normalized spacial score (nSPS) is 18.6. The van der Waals surface area contributed by atoms with Crippen LogP contribution in [0.2, 0.25) is 0 Å². The summed E-state index contributed by atoms with van der Waals surface area (Å²) in [5.74, 6) is -0.761. The van der Waals surface area contributed by atoms with Gasteiger partial charge in [0, 0.05) is 18.2 Å². The maximum absolute atomic E-state index is 11.2. The number of carboxylic acids is 1. The average Bonchev–Trinajstić information content (AvgIpc) is 2.42. The Morgan fingerprint density at radius 2 is 2.00 bits per heavy atom. The highest BCUT2D eigenvalue weighted by molar-refractivity contribution is 5.74. The standard InChI is InChI=1S/C14H18N2O4/c1-14(13(17)18)6-8-15(9-7-14)10-11-4-2-3-5-12(11)16(19)20/h2-5H,6-10H2,1H3,(H,17,18). The Labute approximate surface area is 117 Å². The Kier molecular flexibility index (Phi) is 4.04. The molecule has 0 saturated carbocycles. The third-order valence-corrected chi connectivity index (χ3v) is 4.06. The maximum Gasteiger partial charge on any atom is 0.309 e. The fourth-order valence-electron chi connectivity index (χ4n) is 2.48. The first-order chi connectivity index (χ1) is 9.42. The maximum atomic E-state index is 11.2. The van der Waals surface area contributed by atoms with E-state index >= 15 is 0 Å². The molecule has 20 heavy (non-hydrogen) atoms. The topological polar surface area (TPSA) is 83.7 Å². The molecule has 2 rings (SSSR count). The van der Waals surface area contributed by atoms with Crippen molar-refractivity contribution in [2.45, 2.75) is 26.3 Å². The monoisotopic (exact) mass is 278 g/mol. The lowest BCUT2D eigenvalue weighted by molar-refractivity contribution is -0.385. The molecular weight excluding hydrogens is 260 g/mol. The van der Waals surface area contributed by atoms with Crippen molar-refractivity contribution in [3.05, 3.63) is 39.9 Å². The van der Waals surface area contributed by atoms with Crippen LogP contribution in [-0.4, -0.2) is 34.0 Å². The molecule has 0 atom stereocenters. The number of piperidine rings is 1. The molecule has 0 aliphatic carbocycles. The number of likely N-dealkylation sites (tertiary alicyclic amines) is 1. The summed E-state index contributed by atoms with van der Waals surface area (Å²) in [6.07, 6.45) is 1.14. The highest BCUT2D eigenvalue weighted by atomic mass is 16.6. The summed E-state index contributed by atoms with van der Waals surface area (Å²) in [7, 11) is 0. The molecule has 0 unspecified atom stereocenters. The van der Waals surface area contributed by atoms with Crippen LogP contribution in [0.1, 0.15) is 25.3 Å². The van der Waals surface area contributed by atoms with Crippen molar-refractivity contribution >= 4 is 11.7 Å². The van der Waals surface area contributed by atoms with Crippen molar-refractivity contribution in [2.24, 2.45) is 5.41 Å². The van der Waals surface area contributed by atoms with Gasteiger partial charge in [-0.05, 0) is 32.9 Å². The predicted molar refractivity (Wildman–Crippen MR) is 73.4 cm³/mol. The smallest absolute Gasteiger partial charge is 0.309 e. The molecular formula is C14H18N2O4. The molecule has 0 radical (unpaired) electrons. The van der Waals surface area contributed by atoms with Crippen LogP contribution < -0.4 is 0 Å². The van der Waals surface area contributed by atoms with Crippen LogP contribution in [0.15, 0.2) is 24.3 Å². The molecule has 1 aliphatic heterocycles. The Balaban J connectivity index is 2.03. The van der Waals surface area contributed by atoms with Crippen LogP contribution in [0.4, 0.5) is 5.69 Å². The Hall–Kier alpha value is -1.95. The number of nitro benzene ring substituents is 1. The van der Waals surface area contributed by atoms with E-state index in [2.05, 4.69) is 4.90 Å². The van der Waals surface area contributed by atoms with E-state index in [1.165, 1.54) is 6.07 Å². The van der Waals surface area contributed by atoms with E-state index in [0.29, 0.717) is 38.0 Å². The summed E-state index contributed by atoms with van der Waals surface area (Å²) in [4.78, 5) is 23.8. The van der Waals surface area contributed by atoms with Gasteiger partial charge in [0.1, 0.15) is 0 Å². The average molecular weight is 278 g/mol. The van der Waals surface area contributed by atoms with Gasteiger partial charge in [0.05, 0.1) is 10.3 Å². The van der Waals surface area contributed by atoms with Crippen molar-refractivity contribution in [1.29, 1.82) is 0 Å². The minimum atomic E-state index is -0.761. The third-order valence-electron chi connectivity index (χ3n) is 4.06. The molecule has 0 amide bonds. The molecule has 1 aliphatic rings. The zero-order valence-corrected chi connectivity index (χ0v) is 11.4. The number of nitrogens with zero attached hydrogens (tertiary/aromatic N) is 2. The summed E-state index contributed by atoms with van der Waals surface area (Å²) < 4.78 is 0. The zero-order chi connectivity index (χ0) is 14.8. The van der Waals surface area contributed by atoms with Gasteiger partial charge < -0.3 is 5.11 Å². The number of aliphatic carboxylic acids is 1. The van der Waals surface area contributed by atoms with E-state index in [-0.39, 0.29) is 10.6 Å². The first-order valence-electron chi connectivity index (χ1n) is 6.60. The summed E-state index contributed by atoms with van der Waals surface area (Å²) in [5, 5.41) is 20.1. The third kappa shape index (κ3) is 2.96. The quantitative estimate of drug-likeness (QED) is 0.674. The molecule has 0 bridgehead atoms. The van der Waals surface area contributed by atoms with Crippen LogP contribution >= 0.6 is 0 Å². The summed E-state index contributed by atoms with van der Waals surface area (Å²) in [6, 6.07) is 6.69. The van der Waals surface area contributed by atoms with Crippen molar-refractivity contribution in [2.75, 3.05) is 13.1 Å². The van der Waals surface area contributed by atoms with Gasteiger partial charge in [-0.3, -0.25) is 19.8 Å². The van der Waals surface area contributed by atoms with E-state index in [1.54, 1.807) is 25.1 Å². The molecule has 0 spiro atoms. The van der Waals surface area contributed by atoms with Gasteiger partial charge in [0.2, 0.25) is 0 Å². The molecule has 1 saturated heterocycles. The number of rotatable bonds is 4. The molecule has 1 heterocycles. The van der Waals surface area contributed by atoms with Crippen LogP contribution in [-0.2, 0) is 11.3 Å². The summed E-state index contributed by atoms with van der Waals surface area (Å²) >= 11 is 0. The Morgan fingerprint density at radius 3 is 2.55 bits per heavy atom. The van der Waals surface area contributed by atoms with Gasteiger partial charge in [-0.2, -0.15) is 0 Å². The summed E-state index contributed by atoms with van der Waals surface area (Å²) in [6.45, 7) is 3.55. The number of para-hydroxylation sites is 1. The van der Waals surface area contributed by atoms with E-state index < -0.39 is 11.4 Å². The van der Waals surface area contributed by atoms with Gasteiger partial charge in [0.15, 0.2) is 0 Å². The van der Waals surface area contributed by atoms with Crippen molar-refractivity contribution in [3.63, 3.8) is 0 Å². The fourth-order valence-corrected chi connectivity index (χ4v) is 2.48. The lowest BCUT2D eigenvalue weighted by atomic mass is 9.80. The minimum Gasteiger partial charge on any atom is -0.481 e. The SMILES string of the molecule is CC1(C(=O)O)CCN(Cc2ccccc2[N+](=O)[O-])CC1.